The fraction of sp³-hybridized carbons (Fsp3) is 0.421. The first-order valence-electron chi connectivity index (χ1n) is 8.34. The zero-order valence-corrected chi connectivity index (χ0v) is 15.0. The Hall–Kier alpha value is -2.69. The van der Waals surface area contributed by atoms with Crippen molar-refractivity contribution in [2.45, 2.75) is 45.3 Å². The van der Waals surface area contributed by atoms with Crippen LogP contribution in [0, 0.1) is 12.4 Å². The number of ether oxygens (including phenoxy) is 1. The molecule has 1 aromatic rings. The van der Waals surface area contributed by atoms with E-state index in [0.29, 0.717) is 11.8 Å². The quantitative estimate of drug-likeness (QED) is 0.422. The number of rotatable bonds is 4. The number of nitrogens with zero attached hydrogens (tertiary/aromatic N) is 2. The SMILES string of the molecule is [C-]#[N+]C1C(C)=NC(CC)=C(C(=O)OCC)C1c1ccc(F)cc1C(F)(F)F. The molecule has 2 atom stereocenters. The van der Waals surface area contributed by atoms with Crippen molar-refractivity contribution in [2.24, 2.45) is 4.99 Å². The number of allylic oxidation sites excluding steroid dienone is 1. The lowest BCUT2D eigenvalue weighted by atomic mass is 9.78. The van der Waals surface area contributed by atoms with Crippen LogP contribution >= 0.6 is 0 Å². The molecule has 0 radical (unpaired) electrons. The van der Waals surface area contributed by atoms with Crippen molar-refractivity contribution in [2.75, 3.05) is 6.61 Å². The summed E-state index contributed by atoms with van der Waals surface area (Å²) in [7, 11) is 0. The van der Waals surface area contributed by atoms with Crippen LogP contribution in [0.2, 0.25) is 0 Å². The highest BCUT2D eigenvalue weighted by atomic mass is 19.4. The Morgan fingerprint density at radius 2 is 2.00 bits per heavy atom. The van der Waals surface area contributed by atoms with Gasteiger partial charge in [-0.1, -0.05) is 13.0 Å². The van der Waals surface area contributed by atoms with Gasteiger partial charge in [-0.15, -0.1) is 0 Å². The van der Waals surface area contributed by atoms with Gasteiger partial charge in [0.2, 0.25) is 0 Å². The second kappa shape index (κ2) is 7.91. The van der Waals surface area contributed by atoms with Gasteiger partial charge in [0.15, 0.2) is 0 Å². The maximum absolute atomic E-state index is 13.6. The van der Waals surface area contributed by atoms with E-state index in [1.807, 2.05) is 0 Å². The van der Waals surface area contributed by atoms with Crippen LogP contribution in [0.15, 0.2) is 34.5 Å². The summed E-state index contributed by atoms with van der Waals surface area (Å²) < 4.78 is 59.2. The van der Waals surface area contributed by atoms with Gasteiger partial charge in [0.1, 0.15) is 5.82 Å². The molecule has 0 N–H and O–H groups in total. The zero-order valence-electron chi connectivity index (χ0n) is 15.0. The average molecular weight is 382 g/mol. The molecule has 144 valence electrons. The summed E-state index contributed by atoms with van der Waals surface area (Å²) in [6.07, 6.45) is -4.58. The first-order chi connectivity index (χ1) is 12.6. The Bertz CT molecular complexity index is 850. The third-order valence-electron chi connectivity index (χ3n) is 4.30. The normalized spacial score (nSPS) is 20.1. The smallest absolute Gasteiger partial charge is 0.416 e. The fourth-order valence-corrected chi connectivity index (χ4v) is 3.18. The van der Waals surface area contributed by atoms with Crippen molar-refractivity contribution in [1.82, 2.24) is 0 Å². The van der Waals surface area contributed by atoms with Gasteiger partial charge >= 0.3 is 12.1 Å². The minimum Gasteiger partial charge on any atom is -0.463 e. The molecule has 0 bridgehead atoms. The van der Waals surface area contributed by atoms with E-state index in [9.17, 15) is 22.4 Å². The monoisotopic (exact) mass is 382 g/mol. The van der Waals surface area contributed by atoms with Gasteiger partial charge in [0.05, 0.1) is 35.1 Å². The maximum Gasteiger partial charge on any atom is 0.416 e. The molecule has 0 spiro atoms. The van der Waals surface area contributed by atoms with Gasteiger partial charge in [-0.2, -0.15) is 13.2 Å². The third kappa shape index (κ3) is 4.02. The second-order valence-electron chi connectivity index (χ2n) is 5.97. The number of hydrogen-bond donors (Lipinski definition) is 0. The van der Waals surface area contributed by atoms with Crippen LogP contribution in [0.25, 0.3) is 4.85 Å². The number of benzene rings is 1. The van der Waals surface area contributed by atoms with Crippen molar-refractivity contribution in [3.8, 4) is 0 Å². The first kappa shape index (κ1) is 20.6. The van der Waals surface area contributed by atoms with Crippen LogP contribution < -0.4 is 0 Å². The second-order valence-corrected chi connectivity index (χ2v) is 5.97. The number of hydrogen-bond acceptors (Lipinski definition) is 3. The van der Waals surface area contributed by atoms with E-state index >= 15 is 0 Å². The summed E-state index contributed by atoms with van der Waals surface area (Å²) >= 11 is 0. The standard InChI is InChI=1S/C19H18F4N2O2/c1-5-14-16(18(26)27-6-2)15(17(24-4)10(3)25-14)12-8-7-11(20)9-13(12)19(21,22)23/h7-9,15,17H,5-6H2,1-3H3. The molecular formula is C19H18F4N2O2. The first-order valence-corrected chi connectivity index (χ1v) is 8.34. The number of halogens is 4. The highest BCUT2D eigenvalue weighted by Crippen LogP contribution is 2.43. The molecule has 2 unspecified atom stereocenters. The van der Waals surface area contributed by atoms with Crippen molar-refractivity contribution in [3.05, 3.63) is 57.8 Å². The van der Waals surface area contributed by atoms with Gasteiger partial charge in [-0.05, 0) is 38.0 Å². The summed E-state index contributed by atoms with van der Waals surface area (Å²) in [5.74, 6) is -3.11. The molecule has 2 rings (SSSR count). The molecule has 0 aliphatic carbocycles. The molecule has 1 aliphatic rings. The number of carbonyl (C=O) groups excluding carboxylic acids is 1. The van der Waals surface area contributed by atoms with E-state index in [0.717, 1.165) is 12.1 Å². The summed E-state index contributed by atoms with van der Waals surface area (Å²) in [6, 6.07) is 1.13. The Morgan fingerprint density at radius 1 is 1.33 bits per heavy atom. The molecule has 0 saturated carbocycles. The minimum absolute atomic E-state index is 0.0208. The minimum atomic E-state index is -4.85. The zero-order chi connectivity index (χ0) is 20.4. The van der Waals surface area contributed by atoms with E-state index in [1.54, 1.807) is 13.8 Å². The van der Waals surface area contributed by atoms with Gasteiger partial charge in [0.25, 0.3) is 6.04 Å². The average Bonchev–Trinajstić information content (AvgIpc) is 2.60. The van der Waals surface area contributed by atoms with Crippen LogP contribution in [0.3, 0.4) is 0 Å². The predicted octanol–water partition coefficient (Wildman–Crippen LogP) is 4.92. The van der Waals surface area contributed by atoms with E-state index in [1.165, 1.54) is 6.92 Å². The molecule has 1 heterocycles. The fourth-order valence-electron chi connectivity index (χ4n) is 3.18. The van der Waals surface area contributed by atoms with Gasteiger partial charge in [0, 0.05) is 0 Å². The predicted molar refractivity (Wildman–Crippen MR) is 91.6 cm³/mol. The molecule has 0 amide bonds. The number of aliphatic imine (C=N–C) groups is 1. The summed E-state index contributed by atoms with van der Waals surface area (Å²) in [6.45, 7) is 12.3. The van der Waals surface area contributed by atoms with Crippen LogP contribution in [-0.2, 0) is 15.7 Å². The van der Waals surface area contributed by atoms with Crippen LogP contribution in [0.1, 0.15) is 44.2 Å². The molecule has 0 fully saturated rings. The highest BCUT2D eigenvalue weighted by Gasteiger charge is 2.46. The molecule has 1 aliphatic heterocycles. The summed E-state index contributed by atoms with van der Waals surface area (Å²) in [5, 5.41) is 0. The van der Waals surface area contributed by atoms with Crippen LogP contribution in [0.4, 0.5) is 17.6 Å². The third-order valence-corrected chi connectivity index (χ3v) is 4.30. The molecule has 27 heavy (non-hydrogen) atoms. The van der Waals surface area contributed by atoms with Crippen molar-refractivity contribution < 1.29 is 27.1 Å². The number of alkyl halides is 3. The summed E-state index contributed by atoms with van der Waals surface area (Å²) in [5.41, 5.74) is -1.06. The molecular weight excluding hydrogens is 364 g/mol. The van der Waals surface area contributed by atoms with Gasteiger partial charge in [-0.3, -0.25) is 4.99 Å². The lowest BCUT2D eigenvalue weighted by molar-refractivity contribution is -0.141. The Kier molecular flexibility index (Phi) is 6.04. The molecule has 0 aromatic heterocycles. The Balaban J connectivity index is 2.81. The van der Waals surface area contributed by atoms with E-state index < -0.39 is 35.5 Å². The largest absolute Gasteiger partial charge is 0.463 e. The molecule has 8 heteroatoms. The van der Waals surface area contributed by atoms with Gasteiger partial charge in [-0.25, -0.2) is 15.8 Å². The van der Waals surface area contributed by atoms with E-state index in [-0.39, 0.29) is 29.9 Å². The lowest BCUT2D eigenvalue weighted by Gasteiger charge is -2.28. The van der Waals surface area contributed by atoms with Crippen LogP contribution in [-0.4, -0.2) is 24.3 Å². The van der Waals surface area contributed by atoms with Crippen LogP contribution in [0.5, 0.6) is 0 Å². The molecule has 4 nitrogen and oxygen atoms in total. The lowest BCUT2D eigenvalue weighted by Crippen LogP contribution is -2.34. The Morgan fingerprint density at radius 3 is 2.52 bits per heavy atom. The molecule has 1 aromatic carbocycles. The van der Waals surface area contributed by atoms with Crippen molar-refractivity contribution >= 4 is 11.7 Å². The van der Waals surface area contributed by atoms with Crippen molar-refractivity contribution in [3.63, 3.8) is 0 Å². The van der Waals surface area contributed by atoms with Gasteiger partial charge < -0.3 is 9.58 Å². The maximum atomic E-state index is 13.6. The Labute approximate surface area is 154 Å². The number of carbonyl (C=O) groups is 1. The van der Waals surface area contributed by atoms with E-state index in [2.05, 4.69) is 9.84 Å². The summed E-state index contributed by atoms with van der Waals surface area (Å²) in [4.78, 5) is 20.2. The van der Waals surface area contributed by atoms with E-state index in [4.69, 9.17) is 11.3 Å². The molecule has 0 saturated heterocycles. The topological polar surface area (TPSA) is 43.0 Å². The van der Waals surface area contributed by atoms with Crippen molar-refractivity contribution in [1.29, 1.82) is 0 Å². The highest BCUT2D eigenvalue weighted by molar-refractivity contribution is 6.00. The number of esters is 1.